The van der Waals surface area contributed by atoms with Gasteiger partial charge >= 0.3 is 0 Å². The number of likely N-dealkylation sites (N-methyl/N-ethyl adjacent to an activating group) is 1. The second-order valence-corrected chi connectivity index (χ2v) is 8.11. The van der Waals surface area contributed by atoms with Gasteiger partial charge in [-0.05, 0) is 26.8 Å². The largest absolute Gasteiger partial charge is 0.396 e. The SMILES string of the molecule is CC(C)N(C)S(=O)(=O)N1C[C@@H](CN(C)CCO)[C@@H](CO)C1. The third-order valence-electron chi connectivity index (χ3n) is 4.22. The fraction of sp³-hybridized carbons (Fsp3) is 1.00. The van der Waals surface area contributed by atoms with Crippen LogP contribution in [-0.2, 0) is 10.2 Å². The molecule has 0 aromatic carbocycles. The highest BCUT2D eigenvalue weighted by Crippen LogP contribution is 2.27. The number of rotatable bonds is 8. The van der Waals surface area contributed by atoms with E-state index in [9.17, 15) is 13.5 Å². The minimum Gasteiger partial charge on any atom is -0.396 e. The van der Waals surface area contributed by atoms with Gasteiger partial charge in [-0.25, -0.2) is 0 Å². The summed E-state index contributed by atoms with van der Waals surface area (Å²) in [5, 5.41) is 18.5. The zero-order valence-corrected chi connectivity index (χ0v) is 14.3. The van der Waals surface area contributed by atoms with Crippen LogP contribution in [0, 0.1) is 11.8 Å². The van der Waals surface area contributed by atoms with E-state index in [-0.39, 0.29) is 31.1 Å². The van der Waals surface area contributed by atoms with Crippen molar-refractivity contribution in [1.82, 2.24) is 13.5 Å². The molecule has 0 spiro atoms. The Balaban J connectivity index is 2.77. The van der Waals surface area contributed by atoms with Crippen LogP contribution in [0.25, 0.3) is 0 Å². The number of nitrogens with zero attached hydrogens (tertiary/aromatic N) is 3. The van der Waals surface area contributed by atoms with E-state index < -0.39 is 10.2 Å². The summed E-state index contributed by atoms with van der Waals surface area (Å²) in [5.74, 6) is 0.0309. The van der Waals surface area contributed by atoms with E-state index in [2.05, 4.69) is 0 Å². The first-order valence-corrected chi connectivity index (χ1v) is 8.77. The topological polar surface area (TPSA) is 84.3 Å². The molecule has 8 heteroatoms. The molecule has 7 nitrogen and oxygen atoms in total. The van der Waals surface area contributed by atoms with Gasteiger partial charge in [-0.1, -0.05) is 0 Å². The molecule has 1 aliphatic rings. The van der Waals surface area contributed by atoms with Gasteiger partial charge in [0.05, 0.1) is 6.61 Å². The fourth-order valence-corrected chi connectivity index (χ4v) is 4.27. The second kappa shape index (κ2) is 7.85. The lowest BCUT2D eigenvalue weighted by Crippen LogP contribution is -2.44. The van der Waals surface area contributed by atoms with Gasteiger partial charge < -0.3 is 15.1 Å². The summed E-state index contributed by atoms with van der Waals surface area (Å²) in [6.07, 6.45) is 0. The standard InChI is InChI=1S/C13H29N3O4S/c1-11(2)15(4)21(19,20)16-8-12(13(9-16)10-18)7-14(3)5-6-17/h11-13,17-18H,5-10H2,1-4H3/t12-,13-/m1/s1. The molecule has 0 aliphatic carbocycles. The molecule has 1 rings (SSSR count). The number of aliphatic hydroxyl groups is 2. The minimum atomic E-state index is -3.47. The zero-order valence-electron chi connectivity index (χ0n) is 13.4. The molecule has 0 unspecified atom stereocenters. The minimum absolute atomic E-state index is 0.0188. The van der Waals surface area contributed by atoms with E-state index in [0.29, 0.717) is 26.2 Å². The van der Waals surface area contributed by atoms with Crippen LogP contribution >= 0.6 is 0 Å². The highest BCUT2D eigenvalue weighted by Gasteiger charge is 2.40. The Morgan fingerprint density at radius 2 is 1.76 bits per heavy atom. The molecule has 1 saturated heterocycles. The van der Waals surface area contributed by atoms with E-state index in [1.54, 1.807) is 7.05 Å². The second-order valence-electron chi connectivity index (χ2n) is 6.12. The molecule has 1 fully saturated rings. The smallest absolute Gasteiger partial charge is 0.281 e. The summed E-state index contributed by atoms with van der Waals surface area (Å²) in [7, 11) is -0.000878. The van der Waals surface area contributed by atoms with E-state index in [1.807, 2.05) is 25.8 Å². The van der Waals surface area contributed by atoms with Crippen LogP contribution in [0.2, 0.25) is 0 Å². The molecule has 21 heavy (non-hydrogen) atoms. The highest BCUT2D eigenvalue weighted by atomic mass is 32.2. The van der Waals surface area contributed by atoms with E-state index in [0.717, 1.165) is 0 Å². The van der Waals surface area contributed by atoms with Crippen LogP contribution < -0.4 is 0 Å². The quantitative estimate of drug-likeness (QED) is 0.601. The summed E-state index contributed by atoms with van der Waals surface area (Å²) >= 11 is 0. The third-order valence-corrected chi connectivity index (χ3v) is 6.32. The first-order valence-electron chi connectivity index (χ1n) is 7.37. The van der Waals surface area contributed by atoms with Crippen LogP contribution in [0.3, 0.4) is 0 Å². The van der Waals surface area contributed by atoms with Crippen LogP contribution in [0.15, 0.2) is 0 Å². The van der Waals surface area contributed by atoms with Crippen molar-refractivity contribution in [2.24, 2.45) is 11.8 Å². The molecule has 2 N–H and O–H groups in total. The van der Waals surface area contributed by atoms with Crippen molar-refractivity contribution in [3.8, 4) is 0 Å². The molecule has 2 atom stereocenters. The van der Waals surface area contributed by atoms with E-state index in [1.165, 1.54) is 8.61 Å². The van der Waals surface area contributed by atoms with Gasteiger partial charge in [0.2, 0.25) is 0 Å². The van der Waals surface area contributed by atoms with Crippen molar-refractivity contribution in [2.75, 3.05) is 53.5 Å². The Morgan fingerprint density at radius 1 is 1.19 bits per heavy atom. The van der Waals surface area contributed by atoms with Crippen LogP contribution in [0.1, 0.15) is 13.8 Å². The maximum atomic E-state index is 12.5. The Morgan fingerprint density at radius 3 is 2.24 bits per heavy atom. The molecule has 0 saturated carbocycles. The molecular weight excluding hydrogens is 294 g/mol. The lowest BCUT2D eigenvalue weighted by molar-refractivity contribution is 0.160. The summed E-state index contributed by atoms with van der Waals surface area (Å²) in [5.41, 5.74) is 0. The van der Waals surface area contributed by atoms with Crippen molar-refractivity contribution < 1.29 is 18.6 Å². The van der Waals surface area contributed by atoms with Crippen molar-refractivity contribution in [3.05, 3.63) is 0 Å². The van der Waals surface area contributed by atoms with Gasteiger partial charge in [0.1, 0.15) is 0 Å². The van der Waals surface area contributed by atoms with Gasteiger partial charge in [0, 0.05) is 51.8 Å². The molecule has 0 amide bonds. The lowest BCUT2D eigenvalue weighted by Gasteiger charge is -2.27. The fourth-order valence-electron chi connectivity index (χ4n) is 2.61. The normalized spacial score (nSPS) is 24.6. The Bertz CT molecular complexity index is 416. The Hall–Kier alpha value is -0.250. The van der Waals surface area contributed by atoms with Crippen LogP contribution in [-0.4, -0.2) is 91.7 Å². The molecule has 0 radical (unpaired) electrons. The average Bonchev–Trinajstić information content (AvgIpc) is 2.81. The molecule has 1 aliphatic heterocycles. The van der Waals surface area contributed by atoms with Crippen LogP contribution in [0.4, 0.5) is 0 Å². The maximum Gasteiger partial charge on any atom is 0.281 e. The summed E-state index contributed by atoms with van der Waals surface area (Å²) < 4.78 is 27.8. The van der Waals surface area contributed by atoms with Gasteiger partial charge in [0.15, 0.2) is 0 Å². The molecule has 0 aromatic heterocycles. The van der Waals surface area contributed by atoms with Crippen molar-refractivity contribution in [1.29, 1.82) is 0 Å². The number of hydrogen-bond donors (Lipinski definition) is 2. The number of aliphatic hydroxyl groups excluding tert-OH is 2. The summed E-state index contributed by atoms with van der Waals surface area (Å²) in [6.45, 7) is 5.72. The van der Waals surface area contributed by atoms with Crippen molar-refractivity contribution >= 4 is 10.2 Å². The van der Waals surface area contributed by atoms with Crippen molar-refractivity contribution in [2.45, 2.75) is 19.9 Å². The zero-order chi connectivity index (χ0) is 16.2. The maximum absolute atomic E-state index is 12.5. The summed E-state index contributed by atoms with van der Waals surface area (Å²) in [6, 6.07) is -0.0984. The summed E-state index contributed by atoms with van der Waals surface area (Å²) in [4.78, 5) is 1.97. The van der Waals surface area contributed by atoms with E-state index >= 15 is 0 Å². The first-order chi connectivity index (χ1) is 9.73. The first kappa shape index (κ1) is 18.8. The monoisotopic (exact) mass is 323 g/mol. The predicted molar refractivity (Wildman–Crippen MR) is 82.0 cm³/mol. The molecule has 1 heterocycles. The Labute approximate surface area is 128 Å². The Kier molecular flexibility index (Phi) is 7.02. The predicted octanol–water partition coefficient (Wildman–Crippen LogP) is -0.964. The molecule has 0 aromatic rings. The van der Waals surface area contributed by atoms with Gasteiger partial charge in [-0.15, -0.1) is 0 Å². The van der Waals surface area contributed by atoms with Gasteiger partial charge in [-0.2, -0.15) is 17.0 Å². The third kappa shape index (κ3) is 4.61. The highest BCUT2D eigenvalue weighted by molar-refractivity contribution is 7.86. The lowest BCUT2D eigenvalue weighted by atomic mass is 9.96. The molecular formula is C13H29N3O4S. The van der Waals surface area contributed by atoms with Crippen molar-refractivity contribution in [3.63, 3.8) is 0 Å². The molecule has 126 valence electrons. The van der Waals surface area contributed by atoms with Gasteiger partial charge in [0.25, 0.3) is 10.2 Å². The number of hydrogen-bond acceptors (Lipinski definition) is 5. The molecule has 0 bridgehead atoms. The van der Waals surface area contributed by atoms with E-state index in [4.69, 9.17) is 5.11 Å². The van der Waals surface area contributed by atoms with Crippen LogP contribution in [0.5, 0.6) is 0 Å². The van der Waals surface area contributed by atoms with Gasteiger partial charge in [-0.3, -0.25) is 0 Å². The average molecular weight is 323 g/mol.